The zero-order valence-corrected chi connectivity index (χ0v) is 17.1. The summed E-state index contributed by atoms with van der Waals surface area (Å²) in [4.78, 5) is 22.5. The van der Waals surface area contributed by atoms with Crippen LogP contribution in [0, 0.1) is 0 Å². The largest absolute Gasteiger partial charge is 0.380 e. The van der Waals surface area contributed by atoms with Gasteiger partial charge in [0.25, 0.3) is 0 Å². The second-order valence-electron chi connectivity index (χ2n) is 7.04. The maximum absolute atomic E-state index is 11.8. The van der Waals surface area contributed by atoms with E-state index in [9.17, 15) is 4.79 Å². The van der Waals surface area contributed by atoms with Crippen LogP contribution in [0.2, 0.25) is 0 Å². The zero-order chi connectivity index (χ0) is 20.9. The Morgan fingerprint density at radius 3 is 2.83 bits per heavy atom. The number of nitrogens with one attached hydrogen (secondary N) is 2. The minimum atomic E-state index is -0.0682. The third kappa shape index (κ3) is 4.41. The lowest BCUT2D eigenvalue weighted by Gasteiger charge is -2.14. The lowest BCUT2D eigenvalue weighted by Crippen LogP contribution is -2.27. The molecule has 2 aromatic heterocycles. The maximum Gasteiger partial charge on any atom is 0.321 e. The molecular formula is C21H25N7O2. The molecule has 1 atom stereocenters. The van der Waals surface area contributed by atoms with Gasteiger partial charge in [0.2, 0.25) is 0 Å². The van der Waals surface area contributed by atoms with E-state index in [1.54, 1.807) is 17.3 Å². The number of nitrogens with zero attached hydrogens (tertiary/aromatic N) is 5. The molecule has 156 valence electrons. The standard InChI is InChI=1S/C21H25N7O2/c1-3-30-14-15(2)28-13-17(12-24-28)25-19-8-9-22-20(26-19)16-4-6-18(7-5-16)27-11-10-23-21(27)29/h4-9,12-13,15H,3,10-11,14H2,1-2H3,(H,23,29)(H,22,25,26). The van der Waals surface area contributed by atoms with E-state index in [1.807, 2.05) is 48.1 Å². The molecule has 3 aromatic rings. The highest BCUT2D eigenvalue weighted by Gasteiger charge is 2.20. The third-order valence-electron chi connectivity index (χ3n) is 4.84. The Bertz CT molecular complexity index is 1000. The van der Waals surface area contributed by atoms with E-state index in [-0.39, 0.29) is 12.1 Å². The molecule has 1 aliphatic rings. The SMILES string of the molecule is CCOCC(C)n1cc(Nc2ccnc(-c3ccc(N4CCNC4=O)cc3)n2)cn1. The van der Waals surface area contributed by atoms with Gasteiger partial charge in [0.05, 0.1) is 24.5 Å². The van der Waals surface area contributed by atoms with Gasteiger partial charge in [-0.15, -0.1) is 0 Å². The molecule has 2 amide bonds. The van der Waals surface area contributed by atoms with Crippen molar-refractivity contribution in [2.75, 3.05) is 36.5 Å². The van der Waals surface area contributed by atoms with Gasteiger partial charge in [-0.1, -0.05) is 0 Å². The van der Waals surface area contributed by atoms with Gasteiger partial charge >= 0.3 is 6.03 Å². The molecule has 1 saturated heterocycles. The molecule has 4 rings (SSSR count). The number of urea groups is 1. The van der Waals surface area contributed by atoms with E-state index >= 15 is 0 Å². The van der Waals surface area contributed by atoms with Crippen LogP contribution in [0.5, 0.6) is 0 Å². The summed E-state index contributed by atoms with van der Waals surface area (Å²) < 4.78 is 7.33. The number of aromatic nitrogens is 4. The molecule has 30 heavy (non-hydrogen) atoms. The Balaban J connectivity index is 1.45. The summed E-state index contributed by atoms with van der Waals surface area (Å²) in [6.45, 7) is 6.68. The van der Waals surface area contributed by atoms with Gasteiger partial charge in [-0.25, -0.2) is 14.8 Å². The van der Waals surface area contributed by atoms with E-state index in [0.717, 1.165) is 16.9 Å². The van der Waals surface area contributed by atoms with E-state index < -0.39 is 0 Å². The van der Waals surface area contributed by atoms with Crippen molar-refractivity contribution in [3.05, 3.63) is 48.9 Å². The fraction of sp³-hybridized carbons (Fsp3) is 0.333. The number of carbonyl (C=O) groups excluding carboxylic acids is 1. The molecule has 9 nitrogen and oxygen atoms in total. The van der Waals surface area contributed by atoms with Crippen molar-refractivity contribution >= 4 is 23.2 Å². The summed E-state index contributed by atoms with van der Waals surface area (Å²) in [6, 6.07) is 9.56. The molecule has 1 aliphatic heterocycles. The van der Waals surface area contributed by atoms with Crippen molar-refractivity contribution in [2.45, 2.75) is 19.9 Å². The molecule has 0 aliphatic carbocycles. The molecule has 0 saturated carbocycles. The Hall–Kier alpha value is -3.46. The topological polar surface area (TPSA) is 97.2 Å². The normalized spacial score (nSPS) is 14.6. The summed E-state index contributed by atoms with van der Waals surface area (Å²) in [5.41, 5.74) is 2.58. The smallest absolute Gasteiger partial charge is 0.321 e. The van der Waals surface area contributed by atoms with Gasteiger partial charge in [0.1, 0.15) is 5.82 Å². The van der Waals surface area contributed by atoms with Gasteiger partial charge in [0.15, 0.2) is 5.82 Å². The molecular weight excluding hydrogens is 382 g/mol. The number of amides is 2. The summed E-state index contributed by atoms with van der Waals surface area (Å²) in [7, 11) is 0. The van der Waals surface area contributed by atoms with Crippen LogP contribution in [0.3, 0.4) is 0 Å². The Morgan fingerprint density at radius 2 is 2.10 bits per heavy atom. The highest BCUT2D eigenvalue weighted by molar-refractivity contribution is 5.94. The molecule has 3 heterocycles. The van der Waals surface area contributed by atoms with Crippen LogP contribution in [-0.2, 0) is 4.74 Å². The van der Waals surface area contributed by atoms with Crippen LogP contribution >= 0.6 is 0 Å². The van der Waals surface area contributed by atoms with Gasteiger partial charge in [-0.05, 0) is 44.2 Å². The van der Waals surface area contributed by atoms with Crippen molar-refractivity contribution in [1.82, 2.24) is 25.1 Å². The average molecular weight is 407 g/mol. The Kier molecular flexibility index (Phi) is 5.89. The van der Waals surface area contributed by atoms with Gasteiger partial charge in [0, 0.05) is 43.3 Å². The van der Waals surface area contributed by atoms with E-state index in [0.29, 0.717) is 37.9 Å². The molecule has 0 radical (unpaired) electrons. The minimum absolute atomic E-state index is 0.0682. The van der Waals surface area contributed by atoms with Crippen LogP contribution in [0.25, 0.3) is 11.4 Å². The number of rotatable bonds is 8. The third-order valence-corrected chi connectivity index (χ3v) is 4.84. The quantitative estimate of drug-likeness (QED) is 0.595. The Morgan fingerprint density at radius 1 is 1.27 bits per heavy atom. The van der Waals surface area contributed by atoms with Crippen LogP contribution in [0.1, 0.15) is 19.9 Å². The second-order valence-corrected chi connectivity index (χ2v) is 7.04. The first-order chi connectivity index (χ1) is 14.6. The number of hydrogen-bond donors (Lipinski definition) is 2. The fourth-order valence-electron chi connectivity index (χ4n) is 3.23. The number of hydrogen-bond acceptors (Lipinski definition) is 6. The minimum Gasteiger partial charge on any atom is -0.380 e. The summed E-state index contributed by atoms with van der Waals surface area (Å²) >= 11 is 0. The number of benzene rings is 1. The fourth-order valence-corrected chi connectivity index (χ4v) is 3.23. The molecule has 1 fully saturated rings. The molecule has 0 bridgehead atoms. The number of ether oxygens (including phenoxy) is 1. The van der Waals surface area contributed by atoms with Crippen molar-refractivity contribution in [1.29, 1.82) is 0 Å². The first-order valence-electron chi connectivity index (χ1n) is 10.0. The monoisotopic (exact) mass is 407 g/mol. The molecule has 1 unspecified atom stereocenters. The predicted molar refractivity (Wildman–Crippen MR) is 115 cm³/mol. The summed E-state index contributed by atoms with van der Waals surface area (Å²) in [5.74, 6) is 1.29. The van der Waals surface area contributed by atoms with Crippen molar-refractivity contribution in [2.24, 2.45) is 0 Å². The number of carbonyl (C=O) groups is 1. The molecule has 2 N–H and O–H groups in total. The second kappa shape index (κ2) is 8.91. The highest BCUT2D eigenvalue weighted by Crippen LogP contribution is 2.23. The maximum atomic E-state index is 11.8. The molecule has 0 spiro atoms. The van der Waals surface area contributed by atoms with Gasteiger partial charge < -0.3 is 15.4 Å². The van der Waals surface area contributed by atoms with Gasteiger partial charge in [-0.3, -0.25) is 9.58 Å². The first-order valence-corrected chi connectivity index (χ1v) is 10.0. The lowest BCUT2D eigenvalue weighted by molar-refractivity contribution is 0.115. The predicted octanol–water partition coefficient (Wildman–Crippen LogP) is 3.21. The van der Waals surface area contributed by atoms with E-state index in [1.165, 1.54) is 0 Å². The van der Waals surface area contributed by atoms with Gasteiger partial charge in [-0.2, -0.15) is 5.10 Å². The van der Waals surface area contributed by atoms with Crippen molar-refractivity contribution in [3.8, 4) is 11.4 Å². The lowest BCUT2D eigenvalue weighted by atomic mass is 10.2. The average Bonchev–Trinajstić information content (AvgIpc) is 3.41. The molecule has 1 aromatic carbocycles. The van der Waals surface area contributed by atoms with E-state index in [4.69, 9.17) is 4.74 Å². The van der Waals surface area contributed by atoms with Crippen LogP contribution < -0.4 is 15.5 Å². The first kappa shape index (κ1) is 19.8. The number of anilines is 3. The zero-order valence-electron chi connectivity index (χ0n) is 17.1. The van der Waals surface area contributed by atoms with Crippen LogP contribution in [-0.4, -0.2) is 52.1 Å². The van der Waals surface area contributed by atoms with Crippen molar-refractivity contribution in [3.63, 3.8) is 0 Å². The van der Waals surface area contributed by atoms with Crippen LogP contribution in [0.4, 0.5) is 22.0 Å². The Labute approximate surface area is 175 Å². The van der Waals surface area contributed by atoms with E-state index in [2.05, 4.69) is 32.6 Å². The summed E-state index contributed by atoms with van der Waals surface area (Å²) in [6.07, 6.45) is 5.41. The summed E-state index contributed by atoms with van der Waals surface area (Å²) in [5, 5.41) is 10.5. The van der Waals surface area contributed by atoms with Crippen molar-refractivity contribution < 1.29 is 9.53 Å². The van der Waals surface area contributed by atoms with Crippen LogP contribution in [0.15, 0.2) is 48.9 Å². The molecule has 9 heteroatoms. The highest BCUT2D eigenvalue weighted by atomic mass is 16.5.